The first-order valence-corrected chi connectivity index (χ1v) is 9.23. The molecule has 0 aromatic heterocycles. The van der Waals surface area contributed by atoms with Crippen molar-refractivity contribution in [2.45, 2.75) is 79.2 Å². The lowest BCUT2D eigenvalue weighted by molar-refractivity contribution is -0.000414. The Kier molecular flexibility index (Phi) is 5.41. The number of nitrogens with zero attached hydrogens (tertiary/aromatic N) is 1. The molecule has 0 aromatic rings. The van der Waals surface area contributed by atoms with E-state index in [1.807, 2.05) is 0 Å². The molecular weight excluding hydrogens is 256 g/mol. The first kappa shape index (κ1) is 17.3. The van der Waals surface area contributed by atoms with Gasteiger partial charge in [0.1, 0.15) is 0 Å². The van der Waals surface area contributed by atoms with Gasteiger partial charge < -0.3 is 5.73 Å². The zero-order chi connectivity index (χ0) is 15.7. The summed E-state index contributed by atoms with van der Waals surface area (Å²) in [5.41, 5.74) is 7.11. The van der Waals surface area contributed by atoms with Crippen LogP contribution in [0.1, 0.15) is 73.1 Å². The van der Waals surface area contributed by atoms with Crippen LogP contribution < -0.4 is 5.73 Å². The van der Waals surface area contributed by atoms with E-state index in [9.17, 15) is 0 Å². The summed E-state index contributed by atoms with van der Waals surface area (Å²) < 4.78 is 0. The Hall–Kier alpha value is -0.0800. The van der Waals surface area contributed by atoms with Crippen molar-refractivity contribution in [2.24, 2.45) is 28.4 Å². The molecule has 2 fully saturated rings. The highest BCUT2D eigenvalue weighted by atomic mass is 15.2. The van der Waals surface area contributed by atoms with Crippen molar-refractivity contribution in [3.05, 3.63) is 0 Å². The van der Waals surface area contributed by atoms with Crippen molar-refractivity contribution >= 4 is 0 Å². The molecule has 2 nitrogen and oxygen atoms in total. The molecule has 1 heterocycles. The maximum atomic E-state index is 6.13. The summed E-state index contributed by atoms with van der Waals surface area (Å²) in [6, 6.07) is 0.735. The first-order valence-electron chi connectivity index (χ1n) is 9.23. The smallest absolute Gasteiger partial charge is 0.0139 e. The third-order valence-electron chi connectivity index (χ3n) is 6.67. The molecule has 1 saturated heterocycles. The van der Waals surface area contributed by atoms with E-state index in [4.69, 9.17) is 5.73 Å². The standard InChI is InChI=1S/C19H38N2/c1-6-19(4,5)16-9-8-15(13-20)17(12-16)21-11-7-10-18(2,3)14-21/h15-17H,6-14,20H2,1-5H3. The topological polar surface area (TPSA) is 29.3 Å². The van der Waals surface area contributed by atoms with Crippen molar-refractivity contribution in [1.29, 1.82) is 0 Å². The number of piperidine rings is 1. The number of nitrogens with two attached hydrogens (primary N) is 1. The van der Waals surface area contributed by atoms with E-state index in [-0.39, 0.29) is 0 Å². The van der Waals surface area contributed by atoms with Gasteiger partial charge in [0, 0.05) is 12.6 Å². The molecule has 1 saturated carbocycles. The molecule has 3 unspecified atom stereocenters. The van der Waals surface area contributed by atoms with Crippen LogP contribution in [0.3, 0.4) is 0 Å². The van der Waals surface area contributed by atoms with E-state index < -0.39 is 0 Å². The summed E-state index contributed by atoms with van der Waals surface area (Å²) in [6.07, 6.45) is 8.14. The SMILES string of the molecule is CCC(C)(C)C1CCC(CN)C(N2CCCC(C)(C)C2)C1. The normalized spacial score (nSPS) is 34.9. The fourth-order valence-electron chi connectivity index (χ4n) is 4.68. The summed E-state index contributed by atoms with van der Waals surface area (Å²) in [7, 11) is 0. The average Bonchev–Trinajstić information content (AvgIpc) is 2.45. The lowest BCUT2D eigenvalue weighted by atomic mass is 9.65. The Bertz CT molecular complexity index is 334. The zero-order valence-electron chi connectivity index (χ0n) is 15.1. The summed E-state index contributed by atoms with van der Waals surface area (Å²) in [5, 5.41) is 0. The van der Waals surface area contributed by atoms with Gasteiger partial charge in [0.15, 0.2) is 0 Å². The monoisotopic (exact) mass is 294 g/mol. The average molecular weight is 295 g/mol. The molecule has 2 rings (SSSR count). The van der Waals surface area contributed by atoms with Gasteiger partial charge in [-0.2, -0.15) is 0 Å². The maximum absolute atomic E-state index is 6.13. The summed E-state index contributed by atoms with van der Waals surface area (Å²) in [6.45, 7) is 15.6. The summed E-state index contributed by atoms with van der Waals surface area (Å²) in [5.74, 6) is 1.60. The van der Waals surface area contributed by atoms with Crippen molar-refractivity contribution in [1.82, 2.24) is 4.90 Å². The molecule has 2 heteroatoms. The van der Waals surface area contributed by atoms with Crippen LogP contribution in [-0.4, -0.2) is 30.6 Å². The van der Waals surface area contributed by atoms with Crippen molar-refractivity contribution < 1.29 is 0 Å². The zero-order valence-corrected chi connectivity index (χ0v) is 15.1. The fraction of sp³-hybridized carbons (Fsp3) is 1.00. The number of hydrogen-bond donors (Lipinski definition) is 1. The second kappa shape index (κ2) is 6.58. The number of hydrogen-bond acceptors (Lipinski definition) is 2. The lowest BCUT2D eigenvalue weighted by Gasteiger charge is -2.50. The molecule has 0 bridgehead atoms. The van der Waals surface area contributed by atoms with Crippen LogP contribution in [0.5, 0.6) is 0 Å². The minimum absolute atomic E-state index is 0.489. The van der Waals surface area contributed by atoms with Gasteiger partial charge in [-0.15, -0.1) is 0 Å². The van der Waals surface area contributed by atoms with E-state index in [0.29, 0.717) is 10.8 Å². The molecule has 0 aromatic carbocycles. The van der Waals surface area contributed by atoms with Gasteiger partial charge in [0.05, 0.1) is 0 Å². The third-order valence-corrected chi connectivity index (χ3v) is 6.67. The highest BCUT2D eigenvalue weighted by molar-refractivity contribution is 4.94. The van der Waals surface area contributed by atoms with E-state index >= 15 is 0 Å². The molecular formula is C19H38N2. The molecule has 2 aliphatic rings. The largest absolute Gasteiger partial charge is 0.330 e. The van der Waals surface area contributed by atoms with E-state index in [1.54, 1.807) is 0 Å². The molecule has 0 spiro atoms. The van der Waals surface area contributed by atoms with Crippen LogP contribution in [0, 0.1) is 22.7 Å². The van der Waals surface area contributed by atoms with Gasteiger partial charge in [-0.05, 0) is 67.9 Å². The van der Waals surface area contributed by atoms with Gasteiger partial charge >= 0.3 is 0 Å². The van der Waals surface area contributed by atoms with Crippen LogP contribution in [0.2, 0.25) is 0 Å². The third kappa shape index (κ3) is 4.01. The number of rotatable bonds is 4. The molecule has 3 atom stereocenters. The molecule has 1 aliphatic carbocycles. The molecule has 2 N–H and O–H groups in total. The summed E-state index contributed by atoms with van der Waals surface area (Å²) >= 11 is 0. The van der Waals surface area contributed by atoms with E-state index in [2.05, 4.69) is 39.5 Å². The van der Waals surface area contributed by atoms with Crippen LogP contribution in [0.15, 0.2) is 0 Å². The maximum Gasteiger partial charge on any atom is 0.0139 e. The van der Waals surface area contributed by atoms with Gasteiger partial charge in [-0.25, -0.2) is 0 Å². The van der Waals surface area contributed by atoms with Crippen molar-refractivity contribution in [2.75, 3.05) is 19.6 Å². The van der Waals surface area contributed by atoms with Gasteiger partial charge in [0.25, 0.3) is 0 Å². The van der Waals surface area contributed by atoms with Gasteiger partial charge in [-0.1, -0.05) is 41.0 Å². The number of likely N-dealkylation sites (tertiary alicyclic amines) is 1. The Morgan fingerprint density at radius 1 is 1.24 bits per heavy atom. The molecule has 124 valence electrons. The second-order valence-electron chi connectivity index (χ2n) is 9.15. The van der Waals surface area contributed by atoms with Crippen molar-refractivity contribution in [3.63, 3.8) is 0 Å². The minimum Gasteiger partial charge on any atom is -0.330 e. The molecule has 0 amide bonds. The van der Waals surface area contributed by atoms with E-state index in [0.717, 1.165) is 24.4 Å². The van der Waals surface area contributed by atoms with Crippen molar-refractivity contribution in [3.8, 4) is 0 Å². The Labute approximate surface area is 132 Å². The van der Waals surface area contributed by atoms with Crippen LogP contribution in [-0.2, 0) is 0 Å². The van der Waals surface area contributed by atoms with E-state index in [1.165, 1.54) is 51.6 Å². The molecule has 1 aliphatic heterocycles. The Morgan fingerprint density at radius 3 is 2.52 bits per heavy atom. The van der Waals surface area contributed by atoms with Gasteiger partial charge in [0.2, 0.25) is 0 Å². The molecule has 0 radical (unpaired) electrons. The second-order valence-corrected chi connectivity index (χ2v) is 9.15. The predicted molar refractivity (Wildman–Crippen MR) is 92.3 cm³/mol. The quantitative estimate of drug-likeness (QED) is 0.838. The highest BCUT2D eigenvalue weighted by Crippen LogP contribution is 2.44. The van der Waals surface area contributed by atoms with Crippen LogP contribution in [0.25, 0.3) is 0 Å². The minimum atomic E-state index is 0.489. The molecule has 21 heavy (non-hydrogen) atoms. The Balaban J connectivity index is 2.10. The van der Waals surface area contributed by atoms with Gasteiger partial charge in [-0.3, -0.25) is 4.90 Å². The first-order chi connectivity index (χ1) is 9.79. The Morgan fingerprint density at radius 2 is 1.95 bits per heavy atom. The predicted octanol–water partition coefficient (Wildman–Crippen LogP) is 4.29. The fourth-order valence-corrected chi connectivity index (χ4v) is 4.68. The van der Waals surface area contributed by atoms with Crippen LogP contribution in [0.4, 0.5) is 0 Å². The van der Waals surface area contributed by atoms with Crippen LogP contribution >= 0.6 is 0 Å². The highest BCUT2D eigenvalue weighted by Gasteiger charge is 2.41. The summed E-state index contributed by atoms with van der Waals surface area (Å²) in [4.78, 5) is 2.80. The lowest BCUT2D eigenvalue weighted by Crippen LogP contribution is -2.53.